The zero-order valence-corrected chi connectivity index (χ0v) is 7.20. The van der Waals surface area contributed by atoms with Crippen molar-refractivity contribution in [3.63, 3.8) is 0 Å². The van der Waals surface area contributed by atoms with Crippen LogP contribution >= 0.6 is 0 Å². The molecule has 0 aromatic rings. The Hall–Kier alpha value is -1.00. The molecule has 0 radical (unpaired) electrons. The highest BCUT2D eigenvalue weighted by Crippen LogP contribution is 2.19. The van der Waals surface area contributed by atoms with Crippen molar-refractivity contribution in [2.75, 3.05) is 14.2 Å². The van der Waals surface area contributed by atoms with E-state index in [4.69, 9.17) is 9.78 Å². The maximum absolute atomic E-state index is 4.83. The Morgan fingerprint density at radius 1 is 0.917 bits per heavy atom. The topological polar surface area (TPSA) is 36.9 Å². The lowest BCUT2D eigenvalue weighted by atomic mass is 10.1. The van der Waals surface area contributed by atoms with E-state index in [-0.39, 0.29) is 0 Å². The third-order valence-electron chi connectivity index (χ3n) is 1.45. The number of rotatable bonds is 4. The molecule has 12 heavy (non-hydrogen) atoms. The Kier molecular flexibility index (Phi) is 3.63. The summed E-state index contributed by atoms with van der Waals surface area (Å²) < 4.78 is 0. The van der Waals surface area contributed by atoms with Crippen LogP contribution in [-0.2, 0) is 19.6 Å². The lowest BCUT2D eigenvalue weighted by molar-refractivity contribution is -0.247. The standard InChI is InChI=1S/C8H12O4/c1-9-11-7-3-5-8(6-4-7)12-10-2/h3,5H,4,6H2,1-2H3. The molecule has 0 bridgehead atoms. The van der Waals surface area contributed by atoms with E-state index in [9.17, 15) is 0 Å². The summed E-state index contributed by atoms with van der Waals surface area (Å²) >= 11 is 0. The molecule has 4 nitrogen and oxygen atoms in total. The van der Waals surface area contributed by atoms with E-state index in [0.29, 0.717) is 0 Å². The molecule has 1 aliphatic rings. The minimum absolute atomic E-state index is 0.767. The molecule has 0 saturated carbocycles. The molecule has 0 aromatic carbocycles. The van der Waals surface area contributed by atoms with Crippen LogP contribution in [0.5, 0.6) is 0 Å². The molecule has 68 valence electrons. The van der Waals surface area contributed by atoms with Crippen LogP contribution < -0.4 is 0 Å². The summed E-state index contributed by atoms with van der Waals surface area (Å²) in [5, 5.41) is 0. The Morgan fingerprint density at radius 3 is 1.58 bits per heavy atom. The highest BCUT2D eigenvalue weighted by Gasteiger charge is 2.09. The van der Waals surface area contributed by atoms with Gasteiger partial charge in [-0.25, -0.2) is 0 Å². The lowest BCUT2D eigenvalue weighted by Gasteiger charge is -2.11. The maximum atomic E-state index is 4.83. The molecule has 0 heterocycles. The monoisotopic (exact) mass is 172 g/mol. The summed E-state index contributed by atoms with van der Waals surface area (Å²) in [4.78, 5) is 18.7. The fourth-order valence-corrected chi connectivity index (χ4v) is 0.952. The van der Waals surface area contributed by atoms with Crippen LogP contribution in [0.1, 0.15) is 12.8 Å². The summed E-state index contributed by atoms with van der Waals surface area (Å²) in [7, 11) is 2.96. The van der Waals surface area contributed by atoms with E-state index < -0.39 is 0 Å². The molecule has 0 saturated heterocycles. The molecule has 0 spiro atoms. The third kappa shape index (κ3) is 2.56. The molecule has 0 amide bonds. The number of hydrogen-bond donors (Lipinski definition) is 0. The summed E-state index contributed by atoms with van der Waals surface area (Å²) in [6.45, 7) is 0. The second kappa shape index (κ2) is 4.79. The molecule has 0 aromatic heterocycles. The molecule has 0 unspecified atom stereocenters. The SMILES string of the molecule is COOC1=CC=C(OOC)CC1. The van der Waals surface area contributed by atoms with Crippen molar-refractivity contribution < 1.29 is 19.6 Å². The average molecular weight is 172 g/mol. The number of hydrogen-bond acceptors (Lipinski definition) is 4. The van der Waals surface area contributed by atoms with Gasteiger partial charge in [0.15, 0.2) is 0 Å². The minimum atomic E-state index is 0.767. The van der Waals surface area contributed by atoms with Crippen molar-refractivity contribution in [2.45, 2.75) is 12.8 Å². The predicted octanol–water partition coefficient (Wildman–Crippen LogP) is 1.70. The Bertz CT molecular complexity index is 173. The molecule has 1 rings (SSSR count). The zero-order chi connectivity index (χ0) is 8.81. The fraction of sp³-hybridized carbons (Fsp3) is 0.500. The quantitative estimate of drug-likeness (QED) is 0.477. The molecular weight excluding hydrogens is 160 g/mol. The largest absolute Gasteiger partial charge is 0.342 e. The second-order valence-corrected chi connectivity index (χ2v) is 2.27. The first-order valence-electron chi connectivity index (χ1n) is 3.68. The summed E-state index contributed by atoms with van der Waals surface area (Å²) in [5.41, 5.74) is 0. The van der Waals surface area contributed by atoms with Gasteiger partial charge in [0.25, 0.3) is 0 Å². The van der Waals surface area contributed by atoms with Gasteiger partial charge in [-0.2, -0.15) is 9.78 Å². The molecular formula is C8H12O4. The van der Waals surface area contributed by atoms with Crippen molar-refractivity contribution in [3.8, 4) is 0 Å². The first-order valence-corrected chi connectivity index (χ1v) is 3.68. The van der Waals surface area contributed by atoms with E-state index in [2.05, 4.69) is 9.78 Å². The van der Waals surface area contributed by atoms with Crippen molar-refractivity contribution >= 4 is 0 Å². The maximum Gasteiger partial charge on any atom is 0.143 e. The van der Waals surface area contributed by atoms with Crippen molar-refractivity contribution in [3.05, 3.63) is 23.7 Å². The van der Waals surface area contributed by atoms with Crippen LogP contribution in [-0.4, -0.2) is 14.2 Å². The Balaban J connectivity index is 2.42. The minimum Gasteiger partial charge on any atom is -0.342 e. The van der Waals surface area contributed by atoms with Crippen molar-refractivity contribution in [1.29, 1.82) is 0 Å². The third-order valence-corrected chi connectivity index (χ3v) is 1.45. The van der Waals surface area contributed by atoms with E-state index in [1.165, 1.54) is 14.2 Å². The normalized spacial score (nSPS) is 16.5. The summed E-state index contributed by atoms with van der Waals surface area (Å²) in [6, 6.07) is 0. The molecule has 1 aliphatic carbocycles. The first kappa shape index (κ1) is 9.09. The van der Waals surface area contributed by atoms with Gasteiger partial charge in [0.1, 0.15) is 11.5 Å². The highest BCUT2D eigenvalue weighted by molar-refractivity contribution is 5.16. The number of allylic oxidation sites excluding steroid dienone is 4. The van der Waals surface area contributed by atoms with Gasteiger partial charge in [0, 0.05) is 12.8 Å². The Morgan fingerprint density at radius 2 is 1.33 bits per heavy atom. The average Bonchev–Trinajstić information content (AvgIpc) is 2.09. The van der Waals surface area contributed by atoms with Crippen LogP contribution in [0.3, 0.4) is 0 Å². The van der Waals surface area contributed by atoms with Crippen LogP contribution in [0.2, 0.25) is 0 Å². The first-order chi connectivity index (χ1) is 5.86. The molecule has 0 atom stereocenters. The van der Waals surface area contributed by atoms with Gasteiger partial charge in [0.2, 0.25) is 0 Å². The van der Waals surface area contributed by atoms with Crippen LogP contribution in [0.4, 0.5) is 0 Å². The van der Waals surface area contributed by atoms with E-state index in [1.54, 1.807) is 12.2 Å². The highest BCUT2D eigenvalue weighted by atomic mass is 17.2. The van der Waals surface area contributed by atoms with Crippen LogP contribution in [0.25, 0.3) is 0 Å². The van der Waals surface area contributed by atoms with E-state index in [0.717, 1.165) is 24.4 Å². The molecule has 0 fully saturated rings. The van der Waals surface area contributed by atoms with Gasteiger partial charge < -0.3 is 9.78 Å². The smallest absolute Gasteiger partial charge is 0.143 e. The van der Waals surface area contributed by atoms with Gasteiger partial charge in [-0.1, -0.05) is 0 Å². The predicted molar refractivity (Wildman–Crippen MR) is 41.6 cm³/mol. The van der Waals surface area contributed by atoms with Crippen molar-refractivity contribution in [2.24, 2.45) is 0 Å². The molecule has 4 heteroatoms. The zero-order valence-electron chi connectivity index (χ0n) is 7.20. The van der Waals surface area contributed by atoms with Crippen molar-refractivity contribution in [1.82, 2.24) is 0 Å². The van der Waals surface area contributed by atoms with Crippen LogP contribution in [0, 0.1) is 0 Å². The van der Waals surface area contributed by atoms with Gasteiger partial charge >= 0.3 is 0 Å². The fourth-order valence-electron chi connectivity index (χ4n) is 0.952. The van der Waals surface area contributed by atoms with Gasteiger partial charge in [-0.3, -0.25) is 0 Å². The summed E-state index contributed by atoms with van der Waals surface area (Å²) in [6.07, 6.45) is 5.12. The molecule has 0 aliphatic heterocycles. The molecule has 0 N–H and O–H groups in total. The van der Waals surface area contributed by atoms with E-state index in [1.807, 2.05) is 0 Å². The van der Waals surface area contributed by atoms with E-state index >= 15 is 0 Å². The van der Waals surface area contributed by atoms with Crippen LogP contribution in [0.15, 0.2) is 23.7 Å². The van der Waals surface area contributed by atoms with Gasteiger partial charge in [0.05, 0.1) is 14.2 Å². The van der Waals surface area contributed by atoms with Gasteiger partial charge in [-0.05, 0) is 12.2 Å². The Labute approximate surface area is 71.2 Å². The summed E-state index contributed by atoms with van der Waals surface area (Å²) in [5.74, 6) is 1.59. The second-order valence-electron chi connectivity index (χ2n) is 2.27. The lowest BCUT2D eigenvalue weighted by Crippen LogP contribution is -1.99. The van der Waals surface area contributed by atoms with Gasteiger partial charge in [-0.15, -0.1) is 0 Å².